The van der Waals surface area contributed by atoms with Crippen LogP contribution in [0.25, 0.3) is 0 Å². The third kappa shape index (κ3) is 7.45. The predicted octanol–water partition coefficient (Wildman–Crippen LogP) is 1.98. The normalized spacial score (nSPS) is 17.4. The largest absolute Gasteiger partial charge is 0.379 e. The highest BCUT2D eigenvalue weighted by Crippen LogP contribution is 2.09. The van der Waals surface area contributed by atoms with E-state index in [4.69, 9.17) is 4.74 Å². The Balaban J connectivity index is 1.67. The first kappa shape index (κ1) is 19.7. The summed E-state index contributed by atoms with van der Waals surface area (Å²) in [5.74, 6) is 1.47. The summed E-state index contributed by atoms with van der Waals surface area (Å²) in [4.78, 5) is 6.81. The number of aliphatic imine (C=N–C) groups is 1. The molecule has 1 aliphatic rings. The number of guanidine groups is 1. The zero-order chi connectivity index (χ0) is 18.1. The molecule has 1 aromatic carbocycles. The Morgan fingerprint density at radius 2 is 1.84 bits per heavy atom. The van der Waals surface area contributed by atoms with Crippen LogP contribution in [0.5, 0.6) is 0 Å². The Kier molecular flexibility index (Phi) is 8.22. The lowest BCUT2D eigenvalue weighted by molar-refractivity contribution is 0.0320. The van der Waals surface area contributed by atoms with E-state index in [1.54, 1.807) is 0 Å². The molecule has 25 heavy (non-hydrogen) atoms. The van der Waals surface area contributed by atoms with E-state index in [-0.39, 0.29) is 0 Å². The van der Waals surface area contributed by atoms with E-state index in [9.17, 15) is 0 Å². The van der Waals surface area contributed by atoms with Gasteiger partial charge in [0.15, 0.2) is 5.96 Å². The second-order valence-electron chi connectivity index (χ2n) is 7.14. The topological polar surface area (TPSA) is 48.9 Å². The average molecular weight is 347 g/mol. The van der Waals surface area contributed by atoms with Crippen LogP contribution < -0.4 is 10.6 Å². The number of morpholine rings is 1. The molecule has 5 nitrogen and oxygen atoms in total. The SMILES string of the molecule is CN=C(NCCc1cc(C)cc(C)c1)NCC(C)CN1CCOCC1. The Morgan fingerprint density at radius 1 is 1.16 bits per heavy atom. The van der Waals surface area contributed by atoms with Gasteiger partial charge in [-0.2, -0.15) is 0 Å². The molecule has 1 fully saturated rings. The maximum absolute atomic E-state index is 5.41. The van der Waals surface area contributed by atoms with Crippen LogP contribution in [-0.2, 0) is 11.2 Å². The molecule has 1 aliphatic heterocycles. The molecule has 0 aromatic heterocycles. The van der Waals surface area contributed by atoms with Crippen LogP contribution in [0.2, 0.25) is 0 Å². The van der Waals surface area contributed by atoms with Gasteiger partial charge in [0.2, 0.25) is 0 Å². The molecule has 0 bridgehead atoms. The Labute approximate surface area is 152 Å². The minimum Gasteiger partial charge on any atom is -0.379 e. The van der Waals surface area contributed by atoms with Crippen molar-refractivity contribution in [1.29, 1.82) is 0 Å². The van der Waals surface area contributed by atoms with Crippen LogP contribution in [0, 0.1) is 19.8 Å². The highest BCUT2D eigenvalue weighted by atomic mass is 16.5. The van der Waals surface area contributed by atoms with Crippen molar-refractivity contribution in [3.8, 4) is 0 Å². The summed E-state index contributed by atoms with van der Waals surface area (Å²) in [6.07, 6.45) is 1.01. The van der Waals surface area contributed by atoms with Crippen LogP contribution in [0.15, 0.2) is 23.2 Å². The Bertz CT molecular complexity index is 532. The zero-order valence-electron chi connectivity index (χ0n) is 16.3. The monoisotopic (exact) mass is 346 g/mol. The molecular formula is C20H34N4O. The average Bonchev–Trinajstić information content (AvgIpc) is 2.58. The quantitative estimate of drug-likeness (QED) is 0.585. The number of ether oxygens (including phenoxy) is 1. The van der Waals surface area contributed by atoms with Crippen LogP contribution in [-0.4, -0.2) is 63.8 Å². The van der Waals surface area contributed by atoms with Crippen molar-refractivity contribution in [3.63, 3.8) is 0 Å². The lowest BCUT2D eigenvalue weighted by Crippen LogP contribution is -2.44. The lowest BCUT2D eigenvalue weighted by Gasteiger charge is -2.29. The van der Waals surface area contributed by atoms with Gasteiger partial charge < -0.3 is 15.4 Å². The van der Waals surface area contributed by atoms with Gasteiger partial charge in [0.05, 0.1) is 13.2 Å². The molecule has 0 aliphatic carbocycles. The van der Waals surface area contributed by atoms with Crippen molar-refractivity contribution >= 4 is 5.96 Å². The highest BCUT2D eigenvalue weighted by molar-refractivity contribution is 5.79. The molecule has 140 valence electrons. The molecule has 0 radical (unpaired) electrons. The molecule has 0 saturated carbocycles. The smallest absolute Gasteiger partial charge is 0.190 e. The highest BCUT2D eigenvalue weighted by Gasteiger charge is 2.13. The van der Waals surface area contributed by atoms with E-state index in [1.165, 1.54) is 16.7 Å². The number of nitrogens with zero attached hydrogens (tertiary/aromatic N) is 2. The van der Waals surface area contributed by atoms with Gasteiger partial charge in [0.25, 0.3) is 0 Å². The molecule has 2 N–H and O–H groups in total. The molecule has 1 atom stereocenters. The summed E-state index contributed by atoms with van der Waals surface area (Å²) >= 11 is 0. The van der Waals surface area contributed by atoms with Crippen molar-refractivity contribution in [2.75, 3.05) is 53.0 Å². The summed E-state index contributed by atoms with van der Waals surface area (Å²) in [6.45, 7) is 13.3. The van der Waals surface area contributed by atoms with Gasteiger partial charge in [-0.3, -0.25) is 9.89 Å². The molecule has 1 heterocycles. The molecule has 0 amide bonds. The second kappa shape index (κ2) is 10.4. The molecule has 2 rings (SSSR count). The maximum atomic E-state index is 5.41. The fourth-order valence-electron chi connectivity index (χ4n) is 3.32. The van der Waals surface area contributed by atoms with Crippen molar-refractivity contribution in [1.82, 2.24) is 15.5 Å². The van der Waals surface area contributed by atoms with Crippen molar-refractivity contribution in [3.05, 3.63) is 34.9 Å². The minimum absolute atomic E-state index is 0.580. The molecular weight excluding hydrogens is 312 g/mol. The van der Waals surface area contributed by atoms with Crippen LogP contribution in [0.1, 0.15) is 23.6 Å². The van der Waals surface area contributed by atoms with Gasteiger partial charge in [-0.15, -0.1) is 0 Å². The van der Waals surface area contributed by atoms with Crippen LogP contribution >= 0.6 is 0 Å². The molecule has 0 spiro atoms. The Morgan fingerprint density at radius 3 is 2.48 bits per heavy atom. The van der Waals surface area contributed by atoms with Gasteiger partial charge in [-0.05, 0) is 31.7 Å². The first-order chi connectivity index (χ1) is 12.1. The van der Waals surface area contributed by atoms with E-state index in [0.29, 0.717) is 5.92 Å². The first-order valence-electron chi connectivity index (χ1n) is 9.38. The summed E-state index contributed by atoms with van der Waals surface area (Å²) in [6, 6.07) is 6.73. The number of hydrogen-bond acceptors (Lipinski definition) is 3. The second-order valence-corrected chi connectivity index (χ2v) is 7.14. The van der Waals surface area contributed by atoms with E-state index < -0.39 is 0 Å². The van der Waals surface area contributed by atoms with Gasteiger partial charge in [-0.25, -0.2) is 0 Å². The molecule has 1 saturated heterocycles. The van der Waals surface area contributed by atoms with E-state index in [1.807, 2.05) is 7.05 Å². The number of rotatable bonds is 7. The predicted molar refractivity (Wildman–Crippen MR) is 105 cm³/mol. The van der Waals surface area contributed by atoms with Gasteiger partial charge >= 0.3 is 0 Å². The summed E-state index contributed by atoms with van der Waals surface area (Å²) in [7, 11) is 1.83. The number of nitrogens with one attached hydrogen (secondary N) is 2. The third-order valence-electron chi connectivity index (χ3n) is 4.50. The fraction of sp³-hybridized carbons (Fsp3) is 0.650. The maximum Gasteiger partial charge on any atom is 0.190 e. The van der Waals surface area contributed by atoms with Crippen molar-refractivity contribution < 1.29 is 4.74 Å². The van der Waals surface area contributed by atoms with Gasteiger partial charge in [0, 0.05) is 39.8 Å². The summed E-state index contributed by atoms with van der Waals surface area (Å²) < 4.78 is 5.41. The van der Waals surface area contributed by atoms with Gasteiger partial charge in [-0.1, -0.05) is 36.2 Å². The summed E-state index contributed by atoms with van der Waals surface area (Å²) in [5, 5.41) is 6.87. The summed E-state index contributed by atoms with van der Waals surface area (Å²) in [5.41, 5.74) is 4.03. The molecule has 5 heteroatoms. The third-order valence-corrected chi connectivity index (χ3v) is 4.50. The molecule has 1 aromatic rings. The van der Waals surface area contributed by atoms with E-state index >= 15 is 0 Å². The van der Waals surface area contributed by atoms with Crippen LogP contribution in [0.3, 0.4) is 0 Å². The standard InChI is InChI=1S/C20H34N4O/c1-16-11-17(2)13-19(12-16)5-6-22-20(21-4)23-14-18(3)15-24-7-9-25-10-8-24/h11-13,18H,5-10,14-15H2,1-4H3,(H2,21,22,23). The van der Waals surface area contributed by atoms with E-state index in [2.05, 4.69) is 59.5 Å². The first-order valence-corrected chi connectivity index (χ1v) is 9.38. The number of aryl methyl sites for hydroxylation is 2. The number of benzene rings is 1. The molecule has 1 unspecified atom stereocenters. The van der Waals surface area contributed by atoms with Crippen LogP contribution in [0.4, 0.5) is 0 Å². The zero-order valence-corrected chi connectivity index (χ0v) is 16.3. The number of hydrogen-bond donors (Lipinski definition) is 2. The van der Waals surface area contributed by atoms with Crippen molar-refractivity contribution in [2.24, 2.45) is 10.9 Å². The van der Waals surface area contributed by atoms with E-state index in [0.717, 1.165) is 58.3 Å². The fourth-order valence-corrected chi connectivity index (χ4v) is 3.32. The lowest BCUT2D eigenvalue weighted by atomic mass is 10.1. The minimum atomic E-state index is 0.580. The Hall–Kier alpha value is -1.59. The van der Waals surface area contributed by atoms with Gasteiger partial charge in [0.1, 0.15) is 0 Å². The van der Waals surface area contributed by atoms with Crippen molar-refractivity contribution in [2.45, 2.75) is 27.2 Å².